The van der Waals surface area contributed by atoms with E-state index in [1.807, 2.05) is 0 Å². The van der Waals surface area contributed by atoms with E-state index in [0.717, 1.165) is 24.3 Å². The van der Waals surface area contributed by atoms with Gasteiger partial charge in [0.2, 0.25) is 0 Å². The number of anilines is 1. The molecule has 124 valence electrons. The second-order valence-electron chi connectivity index (χ2n) is 4.34. The van der Waals surface area contributed by atoms with E-state index < -0.39 is 24.2 Å². The summed E-state index contributed by atoms with van der Waals surface area (Å²) in [5.74, 6) is -1.20. The van der Waals surface area contributed by atoms with Crippen molar-refractivity contribution in [3.8, 4) is 22.6 Å². The average molecular weight is 337 g/mol. The van der Waals surface area contributed by atoms with Crippen LogP contribution in [0.5, 0.6) is 11.5 Å². The molecule has 0 saturated carbocycles. The maximum absolute atomic E-state index is 12.4. The molecule has 0 aliphatic heterocycles. The van der Waals surface area contributed by atoms with Crippen LogP contribution in [-0.2, 0) is 0 Å². The highest BCUT2D eigenvalue weighted by molar-refractivity contribution is 5.81. The number of nitrogen functional groups attached to an aromatic ring is 1. The molecule has 2 aromatic rings. The molecule has 0 bridgehead atoms. The summed E-state index contributed by atoms with van der Waals surface area (Å²) >= 11 is 0. The summed E-state index contributed by atoms with van der Waals surface area (Å²) in [7, 11) is 0. The first-order valence-electron chi connectivity index (χ1n) is 6.05. The third-order valence-electron chi connectivity index (χ3n) is 2.66. The lowest BCUT2D eigenvalue weighted by atomic mass is 10.0. The van der Waals surface area contributed by atoms with Crippen molar-refractivity contribution in [2.24, 2.45) is 0 Å². The first-order valence-corrected chi connectivity index (χ1v) is 6.05. The van der Waals surface area contributed by atoms with Crippen LogP contribution in [0.15, 0.2) is 42.5 Å². The van der Waals surface area contributed by atoms with Gasteiger partial charge in [0.1, 0.15) is 11.5 Å². The molecule has 0 saturated heterocycles. The third-order valence-corrected chi connectivity index (χ3v) is 2.66. The number of ether oxygens (including phenoxy) is 2. The highest BCUT2D eigenvalue weighted by Crippen LogP contribution is 2.38. The van der Waals surface area contributed by atoms with E-state index in [1.54, 1.807) is 0 Å². The highest BCUT2D eigenvalue weighted by Gasteiger charge is 2.33. The summed E-state index contributed by atoms with van der Waals surface area (Å²) in [6.45, 7) is 0. The van der Waals surface area contributed by atoms with Gasteiger partial charge in [-0.1, -0.05) is 18.2 Å². The number of rotatable bonds is 3. The van der Waals surface area contributed by atoms with Gasteiger partial charge < -0.3 is 15.2 Å². The largest absolute Gasteiger partial charge is 0.573 e. The molecular weight excluding hydrogens is 328 g/mol. The van der Waals surface area contributed by atoms with Crippen molar-refractivity contribution < 1.29 is 35.8 Å². The van der Waals surface area contributed by atoms with Crippen LogP contribution in [0, 0.1) is 0 Å². The van der Waals surface area contributed by atoms with Gasteiger partial charge >= 0.3 is 12.7 Å². The number of nitrogens with two attached hydrogens (primary N) is 1. The fourth-order valence-electron chi connectivity index (χ4n) is 1.87. The summed E-state index contributed by atoms with van der Waals surface area (Å²) in [4.78, 5) is 0. The topological polar surface area (TPSA) is 44.5 Å². The zero-order valence-electron chi connectivity index (χ0n) is 11.2. The van der Waals surface area contributed by atoms with Crippen LogP contribution >= 0.6 is 0 Å². The van der Waals surface area contributed by atoms with Crippen LogP contribution < -0.4 is 15.2 Å². The lowest BCUT2D eigenvalue weighted by Gasteiger charge is -2.16. The summed E-state index contributed by atoms with van der Waals surface area (Å²) in [5, 5.41) is 0. The summed E-state index contributed by atoms with van der Waals surface area (Å²) < 4.78 is 81.6. The monoisotopic (exact) mass is 337 g/mol. The molecule has 9 heteroatoms. The minimum absolute atomic E-state index is 0.0299. The maximum atomic E-state index is 12.4. The Kier molecular flexibility index (Phi) is 4.31. The van der Waals surface area contributed by atoms with Crippen LogP contribution in [0.25, 0.3) is 11.1 Å². The Morgan fingerprint density at radius 3 is 1.96 bits per heavy atom. The molecule has 23 heavy (non-hydrogen) atoms. The van der Waals surface area contributed by atoms with Crippen LogP contribution in [-0.4, -0.2) is 12.7 Å². The molecule has 0 aliphatic rings. The first-order chi connectivity index (χ1) is 10.6. The maximum Gasteiger partial charge on any atom is 0.573 e. The molecular formula is C14H9F6NO2. The van der Waals surface area contributed by atoms with Gasteiger partial charge in [-0.15, -0.1) is 26.3 Å². The summed E-state index contributed by atoms with van der Waals surface area (Å²) in [6.07, 6.45) is -9.89. The predicted octanol–water partition coefficient (Wildman–Crippen LogP) is 4.73. The normalized spacial score (nSPS) is 12.1. The van der Waals surface area contributed by atoms with Gasteiger partial charge in [0, 0.05) is 16.8 Å². The Balaban J connectivity index is 2.48. The number of halogens is 6. The highest BCUT2D eigenvalue weighted by atomic mass is 19.4. The van der Waals surface area contributed by atoms with Gasteiger partial charge in [0.25, 0.3) is 0 Å². The molecule has 0 aromatic heterocycles. The SMILES string of the molecule is Nc1ccc(OC(F)(F)F)cc1-c1ccccc1OC(F)(F)F. The van der Waals surface area contributed by atoms with Crippen molar-refractivity contribution in [2.75, 3.05) is 5.73 Å². The lowest BCUT2D eigenvalue weighted by molar-refractivity contribution is -0.275. The first kappa shape index (κ1) is 16.8. The van der Waals surface area contributed by atoms with Crippen LogP contribution in [0.3, 0.4) is 0 Å². The van der Waals surface area contributed by atoms with Gasteiger partial charge in [-0.2, -0.15) is 0 Å². The van der Waals surface area contributed by atoms with E-state index >= 15 is 0 Å². The van der Waals surface area contributed by atoms with Crippen molar-refractivity contribution in [3.63, 3.8) is 0 Å². The number of hydrogen-bond acceptors (Lipinski definition) is 3. The quantitative estimate of drug-likeness (QED) is 0.650. The second kappa shape index (κ2) is 5.90. The minimum Gasteiger partial charge on any atom is -0.406 e. The molecule has 0 atom stereocenters. The molecule has 0 heterocycles. The lowest BCUT2D eigenvalue weighted by Crippen LogP contribution is -2.18. The van der Waals surface area contributed by atoms with E-state index in [4.69, 9.17) is 5.73 Å². The Morgan fingerprint density at radius 1 is 0.739 bits per heavy atom. The Bertz CT molecular complexity index is 696. The molecule has 0 unspecified atom stereocenters. The van der Waals surface area contributed by atoms with Crippen molar-refractivity contribution >= 4 is 5.69 Å². The fraction of sp³-hybridized carbons (Fsp3) is 0.143. The Hall–Kier alpha value is -2.58. The molecule has 0 radical (unpaired) electrons. The number of benzene rings is 2. The van der Waals surface area contributed by atoms with Crippen molar-refractivity contribution in [2.45, 2.75) is 12.7 Å². The van der Waals surface area contributed by atoms with Crippen molar-refractivity contribution in [1.82, 2.24) is 0 Å². The summed E-state index contributed by atoms with van der Waals surface area (Å²) in [6, 6.07) is 7.90. The standard InChI is InChI=1S/C14H9F6NO2/c15-13(16,17)22-8-5-6-11(21)10(7-8)9-3-1-2-4-12(9)23-14(18,19)20/h1-7H,21H2. The van der Waals surface area contributed by atoms with E-state index in [9.17, 15) is 26.3 Å². The number of para-hydroxylation sites is 1. The van der Waals surface area contributed by atoms with E-state index in [1.165, 1.54) is 18.2 Å². The molecule has 0 aliphatic carbocycles. The molecule has 0 amide bonds. The zero-order chi connectivity index (χ0) is 17.3. The van der Waals surface area contributed by atoms with Gasteiger partial charge in [-0.05, 0) is 24.3 Å². The zero-order valence-corrected chi connectivity index (χ0v) is 11.2. The Morgan fingerprint density at radius 2 is 1.35 bits per heavy atom. The molecule has 3 nitrogen and oxygen atoms in total. The van der Waals surface area contributed by atoms with E-state index in [-0.39, 0.29) is 16.8 Å². The van der Waals surface area contributed by atoms with Crippen molar-refractivity contribution in [1.29, 1.82) is 0 Å². The van der Waals surface area contributed by atoms with Gasteiger partial charge in [0.05, 0.1) is 0 Å². The van der Waals surface area contributed by atoms with Gasteiger partial charge in [-0.25, -0.2) is 0 Å². The van der Waals surface area contributed by atoms with E-state index in [0.29, 0.717) is 0 Å². The second-order valence-corrected chi connectivity index (χ2v) is 4.34. The van der Waals surface area contributed by atoms with Crippen LogP contribution in [0.2, 0.25) is 0 Å². The minimum atomic E-state index is -4.95. The molecule has 2 N–H and O–H groups in total. The van der Waals surface area contributed by atoms with Gasteiger partial charge in [-0.3, -0.25) is 0 Å². The van der Waals surface area contributed by atoms with Crippen molar-refractivity contribution in [3.05, 3.63) is 42.5 Å². The fourth-order valence-corrected chi connectivity index (χ4v) is 1.87. The van der Waals surface area contributed by atoms with Gasteiger partial charge in [0.15, 0.2) is 0 Å². The average Bonchev–Trinajstić information content (AvgIpc) is 2.38. The molecule has 0 fully saturated rings. The van der Waals surface area contributed by atoms with Crippen LogP contribution in [0.4, 0.5) is 32.0 Å². The molecule has 0 spiro atoms. The smallest absolute Gasteiger partial charge is 0.406 e. The Labute approximate surface area is 126 Å². The molecule has 2 aromatic carbocycles. The van der Waals surface area contributed by atoms with E-state index in [2.05, 4.69) is 9.47 Å². The third kappa shape index (κ3) is 4.70. The van der Waals surface area contributed by atoms with Crippen LogP contribution in [0.1, 0.15) is 0 Å². The molecule has 2 rings (SSSR count). The number of hydrogen-bond donors (Lipinski definition) is 1. The number of alkyl halides is 6. The predicted molar refractivity (Wildman–Crippen MR) is 69.7 cm³/mol. The summed E-state index contributed by atoms with van der Waals surface area (Å²) in [5.41, 5.74) is 5.42.